The van der Waals surface area contributed by atoms with E-state index < -0.39 is 30.7 Å². The van der Waals surface area contributed by atoms with Crippen molar-refractivity contribution in [1.82, 2.24) is 4.98 Å². The minimum atomic E-state index is -1.45. The molecule has 2 heterocycles. The first kappa shape index (κ1) is 23.2. The quantitative estimate of drug-likeness (QED) is 0.146. The third-order valence-corrected chi connectivity index (χ3v) is 5.68. The largest absolute Gasteiger partial charge is 0.535 e. The number of fused-ring (bicyclic) bond motifs is 1. The first-order chi connectivity index (χ1) is 15.2. The molecule has 5 N–H and O–H groups in total. The zero-order valence-corrected chi connectivity index (χ0v) is 17.8. The summed E-state index contributed by atoms with van der Waals surface area (Å²) in [7, 11) is -0.190. The Labute approximate surface area is 186 Å². The number of nitrogens with two attached hydrogens (primary N) is 1. The molecule has 0 spiro atoms. The number of rotatable bonds is 8. The molecule has 0 aliphatic carbocycles. The monoisotopic (exact) mass is 461 g/mol. The first-order valence-corrected chi connectivity index (χ1v) is 10.4. The number of hydrogen-bond acceptors (Lipinski definition) is 11. The minimum absolute atomic E-state index is 0.0128. The van der Waals surface area contributed by atoms with Gasteiger partial charge >= 0.3 is 19.1 Å². The Morgan fingerprint density at radius 3 is 2.75 bits per heavy atom. The van der Waals surface area contributed by atoms with Gasteiger partial charge in [0.2, 0.25) is 0 Å². The van der Waals surface area contributed by atoms with E-state index >= 15 is 0 Å². The van der Waals surface area contributed by atoms with Crippen molar-refractivity contribution in [2.45, 2.75) is 31.5 Å². The van der Waals surface area contributed by atoms with Crippen LogP contribution in [0.1, 0.15) is 40.0 Å². The molecule has 11 nitrogen and oxygen atoms in total. The smallest absolute Gasteiger partial charge is 0.526 e. The maximum atomic E-state index is 12.7. The van der Waals surface area contributed by atoms with Crippen LogP contribution in [0.3, 0.4) is 0 Å². The average Bonchev–Trinajstić information content (AvgIpc) is 3.18. The number of methoxy groups -OCH3 is 1. The number of aryl methyl sites for hydroxylation is 1. The van der Waals surface area contributed by atoms with Crippen LogP contribution in [0.25, 0.3) is 0 Å². The zero-order chi connectivity index (χ0) is 23.4. The number of aromatic carboxylic acids is 1. The molecule has 0 fully saturated rings. The zero-order valence-electron chi connectivity index (χ0n) is 17.0. The van der Waals surface area contributed by atoms with Gasteiger partial charge in [-0.3, -0.25) is 9.59 Å². The minimum Gasteiger partial charge on any atom is -0.535 e. The number of carbonyl (C=O) groups excluding carboxylic acids is 2. The molecule has 2 aromatic rings. The lowest BCUT2D eigenvalue weighted by Crippen LogP contribution is -2.37. The number of carbonyl (C=O) groups is 3. The fourth-order valence-electron chi connectivity index (χ4n) is 3.45. The van der Waals surface area contributed by atoms with Crippen LogP contribution in [-0.2, 0) is 27.2 Å². The molecule has 0 radical (unpaired) electrons. The predicted molar refractivity (Wildman–Crippen MR) is 114 cm³/mol. The van der Waals surface area contributed by atoms with Crippen LogP contribution >= 0.6 is 11.3 Å². The van der Waals surface area contributed by atoms with Crippen molar-refractivity contribution in [2.75, 3.05) is 12.8 Å². The van der Waals surface area contributed by atoms with Crippen molar-refractivity contribution in [1.29, 1.82) is 0 Å². The maximum Gasteiger partial charge on any atom is 0.526 e. The lowest BCUT2D eigenvalue weighted by molar-refractivity contribution is -0.140. The summed E-state index contributed by atoms with van der Waals surface area (Å²) in [5.74, 6) is -3.00. The van der Waals surface area contributed by atoms with Gasteiger partial charge in [-0.2, -0.15) is 0 Å². The Hall–Kier alpha value is -3.45. The number of esters is 1. The molecule has 0 unspecified atom stereocenters. The van der Waals surface area contributed by atoms with Gasteiger partial charge in [0.1, 0.15) is 17.0 Å². The molecule has 32 heavy (non-hydrogen) atoms. The maximum absolute atomic E-state index is 12.7. The number of benzene rings is 1. The van der Waals surface area contributed by atoms with Crippen LogP contribution in [0.2, 0.25) is 5.82 Å². The van der Waals surface area contributed by atoms with Crippen molar-refractivity contribution < 1.29 is 39.1 Å². The summed E-state index contributed by atoms with van der Waals surface area (Å²) < 4.78 is 10.1. The van der Waals surface area contributed by atoms with Crippen LogP contribution < -0.4 is 10.4 Å². The van der Waals surface area contributed by atoms with Gasteiger partial charge in [0, 0.05) is 24.0 Å². The molecule has 1 atom stereocenters. The summed E-state index contributed by atoms with van der Waals surface area (Å²) in [4.78, 5) is 39.8. The van der Waals surface area contributed by atoms with Gasteiger partial charge in [-0.15, -0.1) is 11.3 Å². The Kier molecular flexibility index (Phi) is 7.10. The third kappa shape index (κ3) is 5.06. The van der Waals surface area contributed by atoms with Gasteiger partial charge in [-0.05, 0) is 30.0 Å². The Morgan fingerprint density at radius 1 is 1.41 bits per heavy atom. The second kappa shape index (κ2) is 9.79. The molecule has 3 rings (SSSR count). The number of anilines is 1. The van der Waals surface area contributed by atoms with E-state index in [1.807, 2.05) is 0 Å². The van der Waals surface area contributed by atoms with Crippen LogP contribution in [0.4, 0.5) is 5.13 Å². The number of ether oxygens (including phenoxy) is 1. The highest BCUT2D eigenvalue weighted by Gasteiger charge is 2.39. The van der Waals surface area contributed by atoms with Gasteiger partial charge < -0.3 is 30.5 Å². The van der Waals surface area contributed by atoms with Gasteiger partial charge in [0.05, 0.1) is 7.11 Å². The summed E-state index contributed by atoms with van der Waals surface area (Å²) in [6.45, 7) is 0. The second-order valence-corrected chi connectivity index (χ2v) is 8.02. The van der Waals surface area contributed by atoms with Crippen molar-refractivity contribution in [2.24, 2.45) is 5.16 Å². The summed E-state index contributed by atoms with van der Waals surface area (Å²) in [5.41, 5.74) is 6.28. The standard InChI is InChI=1S/C19H20BN3O8S/c1-30-15(25)3-2-9-4-10-6-11(20(28)31-17(10)12(5-9)18(26)27)7-14(24)16(23-29)13-8-32-19(21)22-13/h4-5,8,11,28-29H,2-3,6-7H2,1H3,(H2,21,22)(H,26,27)/b23-16-/t11-/m1/s1. The molecule has 1 aromatic carbocycles. The summed E-state index contributed by atoms with van der Waals surface area (Å²) in [5, 5.41) is 33.9. The SMILES string of the molecule is COC(=O)CCc1cc2c(c(C(=O)O)c1)OB(O)[C@@H](CC(=O)/C(=N\O)c1csc(N)n1)C2. The van der Waals surface area contributed by atoms with Gasteiger partial charge in [0.15, 0.2) is 16.6 Å². The molecule has 1 aliphatic heterocycles. The first-order valence-electron chi connectivity index (χ1n) is 9.50. The molecular formula is C19H20BN3O8S. The van der Waals surface area contributed by atoms with E-state index in [2.05, 4.69) is 14.9 Å². The van der Waals surface area contributed by atoms with E-state index in [0.717, 1.165) is 11.3 Å². The number of carboxylic acid groups (broad SMARTS) is 1. The highest BCUT2D eigenvalue weighted by molar-refractivity contribution is 7.13. The lowest BCUT2D eigenvalue weighted by atomic mass is 9.64. The van der Waals surface area contributed by atoms with E-state index in [-0.39, 0.29) is 53.5 Å². The molecule has 168 valence electrons. The van der Waals surface area contributed by atoms with E-state index in [9.17, 15) is 29.7 Å². The molecular weight excluding hydrogens is 441 g/mol. The van der Waals surface area contributed by atoms with E-state index in [4.69, 9.17) is 10.4 Å². The number of hydrogen-bond donors (Lipinski definition) is 4. The van der Waals surface area contributed by atoms with Crippen LogP contribution in [0, 0.1) is 0 Å². The number of aromatic nitrogens is 1. The molecule has 0 bridgehead atoms. The van der Waals surface area contributed by atoms with Gasteiger partial charge in [0.25, 0.3) is 0 Å². The highest BCUT2D eigenvalue weighted by Crippen LogP contribution is 2.37. The number of oxime groups is 1. The van der Waals surface area contributed by atoms with Gasteiger partial charge in [-0.25, -0.2) is 9.78 Å². The highest BCUT2D eigenvalue weighted by atomic mass is 32.1. The molecule has 13 heteroatoms. The second-order valence-electron chi connectivity index (χ2n) is 7.13. The number of carboxylic acids is 1. The number of ketones is 1. The number of nitrogen functional groups attached to an aromatic ring is 1. The molecule has 0 saturated heterocycles. The Morgan fingerprint density at radius 2 is 2.16 bits per heavy atom. The van der Waals surface area contributed by atoms with Crippen LogP contribution in [0.5, 0.6) is 5.75 Å². The summed E-state index contributed by atoms with van der Waals surface area (Å²) in [6, 6.07) is 3.06. The number of nitrogens with zero attached hydrogens (tertiary/aromatic N) is 2. The topological polar surface area (TPSA) is 182 Å². The Balaban J connectivity index is 1.83. The Bertz CT molecular complexity index is 1090. The van der Waals surface area contributed by atoms with Crippen LogP contribution in [0.15, 0.2) is 22.7 Å². The lowest BCUT2D eigenvalue weighted by Gasteiger charge is -2.28. The van der Waals surface area contributed by atoms with E-state index in [1.165, 1.54) is 18.6 Å². The van der Waals surface area contributed by atoms with Gasteiger partial charge in [-0.1, -0.05) is 11.2 Å². The number of Topliss-reactive ketones (excluding diaryl/α,β-unsaturated/α-hetero) is 1. The van der Waals surface area contributed by atoms with E-state index in [1.54, 1.807) is 6.07 Å². The summed E-state index contributed by atoms with van der Waals surface area (Å²) >= 11 is 1.08. The van der Waals surface area contributed by atoms with E-state index in [0.29, 0.717) is 11.1 Å². The van der Waals surface area contributed by atoms with Crippen molar-refractivity contribution in [3.8, 4) is 5.75 Å². The average molecular weight is 461 g/mol. The molecule has 1 aromatic heterocycles. The molecule has 0 saturated carbocycles. The van der Waals surface area contributed by atoms with Crippen molar-refractivity contribution in [3.05, 3.63) is 39.9 Å². The third-order valence-electron chi connectivity index (χ3n) is 5.00. The molecule has 1 aliphatic rings. The number of thiazole rings is 1. The molecule has 0 amide bonds. The van der Waals surface area contributed by atoms with Crippen molar-refractivity contribution in [3.63, 3.8) is 0 Å². The fraction of sp³-hybridized carbons (Fsp3) is 0.316. The van der Waals surface area contributed by atoms with Crippen LogP contribution in [-0.4, -0.2) is 58.0 Å². The van der Waals surface area contributed by atoms with Crippen molar-refractivity contribution >= 4 is 47.0 Å². The fourth-order valence-corrected chi connectivity index (χ4v) is 4.00. The summed E-state index contributed by atoms with van der Waals surface area (Å²) in [6.07, 6.45) is 0.199. The normalized spacial score (nSPS) is 15.6. The predicted octanol–water partition coefficient (Wildman–Crippen LogP) is 1.15.